The summed E-state index contributed by atoms with van der Waals surface area (Å²) in [6.45, 7) is 0. The molecular formula is C12H9N3O5. The molecule has 8 heteroatoms. The number of carbonyl (C=O) groups is 2. The molecule has 0 bridgehead atoms. The predicted molar refractivity (Wildman–Crippen MR) is 67.9 cm³/mol. The Bertz CT molecular complexity index is 718. The molecule has 0 atom stereocenters. The predicted octanol–water partition coefficient (Wildman–Crippen LogP) is 0.426. The van der Waals surface area contributed by atoms with Crippen LogP contribution in [0.5, 0.6) is 5.75 Å². The highest BCUT2D eigenvalue weighted by atomic mass is 16.4. The van der Waals surface area contributed by atoms with Gasteiger partial charge in [-0.25, -0.2) is 9.78 Å². The van der Waals surface area contributed by atoms with Crippen LogP contribution in [0.15, 0.2) is 35.4 Å². The van der Waals surface area contributed by atoms with Crippen molar-refractivity contribution in [1.82, 2.24) is 9.97 Å². The van der Waals surface area contributed by atoms with E-state index in [1.54, 1.807) is 0 Å². The second-order valence-electron chi connectivity index (χ2n) is 3.79. The van der Waals surface area contributed by atoms with E-state index < -0.39 is 17.4 Å². The number of phenols is 1. The van der Waals surface area contributed by atoms with Crippen molar-refractivity contribution < 1.29 is 19.8 Å². The summed E-state index contributed by atoms with van der Waals surface area (Å²) < 4.78 is 0. The first-order valence-electron chi connectivity index (χ1n) is 5.40. The van der Waals surface area contributed by atoms with E-state index in [4.69, 9.17) is 5.11 Å². The number of hydrogen-bond donors (Lipinski definition) is 4. The lowest BCUT2D eigenvalue weighted by Crippen LogP contribution is -2.17. The van der Waals surface area contributed by atoms with Crippen molar-refractivity contribution in [1.29, 1.82) is 0 Å². The number of hydrogen-bond acceptors (Lipinski definition) is 5. The van der Waals surface area contributed by atoms with Gasteiger partial charge in [-0.15, -0.1) is 0 Å². The number of nitrogens with one attached hydrogen (secondary N) is 2. The van der Waals surface area contributed by atoms with E-state index >= 15 is 0 Å². The molecule has 0 aliphatic carbocycles. The Labute approximate surface area is 111 Å². The summed E-state index contributed by atoms with van der Waals surface area (Å²) in [5.41, 5.74) is -0.572. The third kappa shape index (κ3) is 2.80. The SMILES string of the molecule is O=C(O)c1ccc(NC(=O)c2c[nH]c(=O)cn2)c(O)c1. The summed E-state index contributed by atoms with van der Waals surface area (Å²) in [6.07, 6.45) is 2.07. The Balaban J connectivity index is 2.21. The van der Waals surface area contributed by atoms with E-state index in [-0.39, 0.29) is 22.7 Å². The number of amides is 1. The molecule has 4 N–H and O–H groups in total. The third-order valence-electron chi connectivity index (χ3n) is 2.40. The molecule has 0 spiro atoms. The molecule has 0 aliphatic rings. The molecule has 0 aliphatic heterocycles. The number of aromatic nitrogens is 2. The number of aromatic carboxylic acids is 1. The number of H-pyrrole nitrogens is 1. The molecule has 2 rings (SSSR count). The average molecular weight is 275 g/mol. The summed E-state index contributed by atoms with van der Waals surface area (Å²) in [6, 6.07) is 3.50. The van der Waals surface area contributed by atoms with Gasteiger partial charge < -0.3 is 20.5 Å². The molecule has 0 saturated heterocycles. The summed E-state index contributed by atoms with van der Waals surface area (Å²) in [4.78, 5) is 39.2. The minimum absolute atomic E-state index is 0.0352. The molecule has 1 aromatic heterocycles. The van der Waals surface area contributed by atoms with E-state index in [9.17, 15) is 19.5 Å². The third-order valence-corrected chi connectivity index (χ3v) is 2.40. The minimum Gasteiger partial charge on any atom is -0.506 e. The van der Waals surface area contributed by atoms with Gasteiger partial charge in [0.2, 0.25) is 0 Å². The number of aromatic amines is 1. The van der Waals surface area contributed by atoms with Gasteiger partial charge >= 0.3 is 5.97 Å². The number of phenolic OH excluding ortho intramolecular Hbond substituents is 1. The number of carboxylic acids is 1. The van der Waals surface area contributed by atoms with Gasteiger partial charge in [0, 0.05) is 6.20 Å². The van der Waals surface area contributed by atoms with Crippen molar-refractivity contribution in [3.63, 3.8) is 0 Å². The minimum atomic E-state index is -1.19. The van der Waals surface area contributed by atoms with Crippen molar-refractivity contribution in [2.45, 2.75) is 0 Å². The zero-order valence-corrected chi connectivity index (χ0v) is 9.95. The maximum absolute atomic E-state index is 11.8. The highest BCUT2D eigenvalue weighted by Crippen LogP contribution is 2.24. The first-order chi connectivity index (χ1) is 9.47. The molecule has 0 unspecified atom stereocenters. The summed E-state index contributed by atoms with van der Waals surface area (Å²) in [7, 11) is 0. The Kier molecular flexibility index (Phi) is 3.47. The Hall–Kier alpha value is -3.16. The van der Waals surface area contributed by atoms with Crippen molar-refractivity contribution in [3.05, 3.63) is 52.2 Å². The molecule has 0 radical (unpaired) electrons. The Morgan fingerprint density at radius 3 is 2.60 bits per heavy atom. The standard InChI is InChI=1S/C12H9N3O5/c16-9-3-6(12(19)20)1-2-7(9)15-11(18)8-4-14-10(17)5-13-8/h1-5,16H,(H,14,17)(H,15,18)(H,19,20). The van der Waals surface area contributed by atoms with Crippen LogP contribution in [0.3, 0.4) is 0 Å². The maximum atomic E-state index is 11.8. The van der Waals surface area contributed by atoms with Crippen molar-refractivity contribution >= 4 is 17.6 Å². The second kappa shape index (κ2) is 5.22. The lowest BCUT2D eigenvalue weighted by atomic mass is 10.2. The normalized spacial score (nSPS) is 10.0. The molecule has 8 nitrogen and oxygen atoms in total. The highest BCUT2D eigenvalue weighted by molar-refractivity contribution is 6.03. The van der Waals surface area contributed by atoms with E-state index in [1.165, 1.54) is 12.1 Å². The van der Waals surface area contributed by atoms with Crippen LogP contribution < -0.4 is 10.9 Å². The topological polar surface area (TPSA) is 132 Å². The fraction of sp³-hybridized carbons (Fsp3) is 0. The summed E-state index contributed by atoms with van der Waals surface area (Å²) >= 11 is 0. The van der Waals surface area contributed by atoms with Crippen LogP contribution in [-0.2, 0) is 0 Å². The van der Waals surface area contributed by atoms with Crippen molar-refractivity contribution in [2.75, 3.05) is 5.32 Å². The number of nitrogens with zero attached hydrogens (tertiary/aromatic N) is 1. The van der Waals surface area contributed by atoms with Crippen LogP contribution in [0.4, 0.5) is 5.69 Å². The van der Waals surface area contributed by atoms with Gasteiger partial charge in [-0.2, -0.15) is 0 Å². The zero-order valence-electron chi connectivity index (χ0n) is 9.95. The number of aromatic hydroxyl groups is 1. The zero-order chi connectivity index (χ0) is 14.7. The summed E-state index contributed by atoms with van der Waals surface area (Å²) in [5, 5.41) is 20.7. The fourth-order valence-corrected chi connectivity index (χ4v) is 1.42. The lowest BCUT2D eigenvalue weighted by Gasteiger charge is -2.07. The molecule has 20 heavy (non-hydrogen) atoms. The van der Waals surface area contributed by atoms with E-state index in [0.717, 1.165) is 18.5 Å². The molecule has 0 saturated carbocycles. The van der Waals surface area contributed by atoms with Gasteiger partial charge in [-0.05, 0) is 18.2 Å². The Morgan fingerprint density at radius 1 is 1.30 bits per heavy atom. The number of anilines is 1. The molecular weight excluding hydrogens is 266 g/mol. The average Bonchev–Trinajstić information content (AvgIpc) is 2.41. The number of rotatable bonds is 3. The maximum Gasteiger partial charge on any atom is 0.335 e. The smallest absolute Gasteiger partial charge is 0.335 e. The van der Waals surface area contributed by atoms with Crippen molar-refractivity contribution in [3.8, 4) is 5.75 Å². The van der Waals surface area contributed by atoms with Crippen molar-refractivity contribution in [2.24, 2.45) is 0 Å². The van der Waals surface area contributed by atoms with Gasteiger partial charge in [-0.3, -0.25) is 9.59 Å². The van der Waals surface area contributed by atoms with Gasteiger partial charge in [0.1, 0.15) is 11.4 Å². The quantitative estimate of drug-likeness (QED) is 0.600. The monoisotopic (exact) mass is 275 g/mol. The van der Waals surface area contributed by atoms with Gasteiger partial charge in [0.25, 0.3) is 11.5 Å². The van der Waals surface area contributed by atoms with Crippen LogP contribution in [-0.4, -0.2) is 32.1 Å². The Morgan fingerprint density at radius 2 is 2.05 bits per heavy atom. The van der Waals surface area contributed by atoms with Crippen LogP contribution in [0, 0.1) is 0 Å². The van der Waals surface area contributed by atoms with Crippen LogP contribution in [0.25, 0.3) is 0 Å². The highest BCUT2D eigenvalue weighted by Gasteiger charge is 2.12. The van der Waals surface area contributed by atoms with Crippen LogP contribution in [0.1, 0.15) is 20.8 Å². The summed E-state index contributed by atoms with van der Waals surface area (Å²) in [5.74, 6) is -2.23. The molecule has 1 amide bonds. The van der Waals surface area contributed by atoms with E-state index in [0.29, 0.717) is 0 Å². The van der Waals surface area contributed by atoms with Crippen LogP contribution >= 0.6 is 0 Å². The number of carboxylic acid groups (broad SMARTS) is 1. The van der Waals surface area contributed by atoms with Gasteiger partial charge in [-0.1, -0.05) is 0 Å². The molecule has 0 fully saturated rings. The number of benzene rings is 1. The largest absolute Gasteiger partial charge is 0.506 e. The van der Waals surface area contributed by atoms with Gasteiger partial charge in [0.05, 0.1) is 17.4 Å². The first-order valence-corrected chi connectivity index (χ1v) is 5.40. The van der Waals surface area contributed by atoms with E-state index in [1.807, 2.05) is 0 Å². The number of carbonyl (C=O) groups excluding carboxylic acids is 1. The molecule has 2 aromatic rings. The van der Waals surface area contributed by atoms with Gasteiger partial charge in [0.15, 0.2) is 0 Å². The molecule has 102 valence electrons. The fourth-order valence-electron chi connectivity index (χ4n) is 1.42. The molecule has 1 heterocycles. The van der Waals surface area contributed by atoms with Crippen LogP contribution in [0.2, 0.25) is 0 Å². The van der Waals surface area contributed by atoms with E-state index in [2.05, 4.69) is 15.3 Å². The first kappa shape index (κ1) is 13.3. The lowest BCUT2D eigenvalue weighted by molar-refractivity contribution is 0.0696. The molecule has 1 aromatic carbocycles. The second-order valence-corrected chi connectivity index (χ2v) is 3.79.